The van der Waals surface area contributed by atoms with Gasteiger partial charge in [-0.2, -0.15) is 0 Å². The smallest absolute Gasteiger partial charge is 0.246 e. The number of thioether (sulfide) groups is 1. The largest absolute Gasteiger partial charge is 0.324 e. The minimum absolute atomic E-state index is 0.0602. The minimum atomic E-state index is -0.181. The number of benzene rings is 1. The first kappa shape index (κ1) is 14.4. The van der Waals surface area contributed by atoms with E-state index in [1.807, 2.05) is 18.7 Å². The third-order valence-electron chi connectivity index (χ3n) is 3.28. The summed E-state index contributed by atoms with van der Waals surface area (Å²) in [6.45, 7) is 5.03. The van der Waals surface area contributed by atoms with Crippen LogP contribution in [-0.4, -0.2) is 18.2 Å². The van der Waals surface area contributed by atoms with Gasteiger partial charge in [-0.1, -0.05) is 32.8 Å². The number of hydrogen-bond donors (Lipinski definition) is 2. The molecule has 0 fully saturated rings. The summed E-state index contributed by atoms with van der Waals surface area (Å²) >= 11 is 1.87. The summed E-state index contributed by atoms with van der Waals surface area (Å²) in [6.07, 6.45) is 3.80. The fraction of sp³-hybridized carbons (Fsp3) is 0.533. The Bertz CT molecular complexity index is 448. The second-order valence-electron chi connectivity index (χ2n) is 4.78. The summed E-state index contributed by atoms with van der Waals surface area (Å²) in [5.74, 6) is 1.21. The maximum absolute atomic E-state index is 11.9. The van der Waals surface area contributed by atoms with Crippen molar-refractivity contribution in [1.82, 2.24) is 5.32 Å². The highest BCUT2D eigenvalue weighted by Gasteiger charge is 2.29. The summed E-state index contributed by atoms with van der Waals surface area (Å²) < 4.78 is 0. The van der Waals surface area contributed by atoms with Crippen LogP contribution in [0.5, 0.6) is 0 Å². The molecule has 0 radical (unpaired) electrons. The highest BCUT2D eigenvalue weighted by Crippen LogP contribution is 2.34. The molecule has 0 saturated heterocycles. The number of nitrogens with one attached hydrogen (secondary N) is 2. The van der Waals surface area contributed by atoms with Crippen molar-refractivity contribution in [3.63, 3.8) is 0 Å². The summed E-state index contributed by atoms with van der Waals surface area (Å²) in [6, 6.07) is 6.11. The second-order valence-corrected chi connectivity index (χ2v) is 5.95. The van der Waals surface area contributed by atoms with E-state index in [2.05, 4.69) is 35.8 Å². The molecule has 1 unspecified atom stereocenters. The van der Waals surface area contributed by atoms with Gasteiger partial charge >= 0.3 is 0 Å². The van der Waals surface area contributed by atoms with Crippen LogP contribution >= 0.6 is 11.8 Å². The van der Waals surface area contributed by atoms with E-state index < -0.39 is 0 Å². The lowest BCUT2D eigenvalue weighted by Crippen LogP contribution is -2.27. The number of carbonyl (C=O) groups excluding carboxylic acids is 1. The van der Waals surface area contributed by atoms with Gasteiger partial charge in [0.15, 0.2) is 0 Å². The third kappa shape index (κ3) is 3.51. The van der Waals surface area contributed by atoms with Crippen LogP contribution in [-0.2, 0) is 4.79 Å². The Labute approximate surface area is 119 Å². The highest BCUT2D eigenvalue weighted by atomic mass is 32.2. The van der Waals surface area contributed by atoms with E-state index in [0.29, 0.717) is 0 Å². The number of anilines is 1. The molecule has 2 rings (SSSR count). The number of fused-ring (bicyclic) bond motifs is 1. The Morgan fingerprint density at radius 1 is 1.32 bits per heavy atom. The van der Waals surface area contributed by atoms with Crippen molar-refractivity contribution in [1.29, 1.82) is 0 Å². The van der Waals surface area contributed by atoms with Crippen LogP contribution < -0.4 is 10.6 Å². The van der Waals surface area contributed by atoms with Gasteiger partial charge < -0.3 is 10.6 Å². The molecule has 0 spiro atoms. The molecule has 0 bridgehead atoms. The van der Waals surface area contributed by atoms with Gasteiger partial charge in [0.05, 0.1) is 0 Å². The Balaban J connectivity index is 2.01. The molecule has 104 valence electrons. The molecule has 1 aliphatic heterocycles. The number of likely N-dealkylation sites (N-methyl/N-ethyl adjacent to an activating group) is 1. The van der Waals surface area contributed by atoms with E-state index in [9.17, 15) is 4.79 Å². The molecule has 0 saturated carbocycles. The predicted molar refractivity (Wildman–Crippen MR) is 81.7 cm³/mol. The van der Waals surface area contributed by atoms with Crippen molar-refractivity contribution in [2.24, 2.45) is 0 Å². The van der Waals surface area contributed by atoms with Gasteiger partial charge in [-0.25, -0.2) is 0 Å². The van der Waals surface area contributed by atoms with E-state index in [4.69, 9.17) is 0 Å². The number of carbonyl (C=O) groups is 1. The van der Waals surface area contributed by atoms with Gasteiger partial charge in [-0.3, -0.25) is 4.79 Å². The fourth-order valence-electron chi connectivity index (χ4n) is 2.28. The topological polar surface area (TPSA) is 41.1 Å². The number of rotatable bonds is 7. The lowest BCUT2D eigenvalue weighted by atomic mass is 10.1. The normalized spacial score (nSPS) is 17.4. The molecule has 1 aromatic carbocycles. The van der Waals surface area contributed by atoms with Gasteiger partial charge in [0.2, 0.25) is 5.91 Å². The first-order valence-corrected chi connectivity index (χ1v) is 8.05. The zero-order valence-electron chi connectivity index (χ0n) is 11.7. The average molecular weight is 278 g/mol. The van der Waals surface area contributed by atoms with Crippen molar-refractivity contribution >= 4 is 23.4 Å². The monoisotopic (exact) mass is 278 g/mol. The Kier molecular flexibility index (Phi) is 5.28. The molecule has 0 aromatic heterocycles. The van der Waals surface area contributed by atoms with Crippen LogP contribution in [0.3, 0.4) is 0 Å². The molecule has 1 amide bonds. The molecule has 1 aliphatic rings. The standard InChI is InChI=1S/C15H22N2OS/c1-3-5-6-9-19-11-7-8-12-13(10-11)17-15(18)14(12)16-4-2/h7-8,10,14,16H,3-6,9H2,1-2H3,(H,17,18). The molecule has 4 heteroatoms. The Morgan fingerprint density at radius 3 is 2.89 bits per heavy atom. The van der Waals surface area contributed by atoms with Crippen LogP contribution in [0, 0.1) is 0 Å². The van der Waals surface area contributed by atoms with Crippen molar-refractivity contribution < 1.29 is 4.79 Å². The Hall–Kier alpha value is -1.00. The van der Waals surface area contributed by atoms with E-state index in [1.165, 1.54) is 24.2 Å². The minimum Gasteiger partial charge on any atom is -0.324 e. The molecule has 1 aromatic rings. The predicted octanol–water partition coefficient (Wildman–Crippen LogP) is 3.57. The van der Waals surface area contributed by atoms with Crippen molar-refractivity contribution in [3.8, 4) is 0 Å². The van der Waals surface area contributed by atoms with Crippen molar-refractivity contribution in [2.75, 3.05) is 17.6 Å². The van der Waals surface area contributed by atoms with Crippen LogP contribution in [0.4, 0.5) is 5.69 Å². The zero-order valence-corrected chi connectivity index (χ0v) is 12.5. The van der Waals surface area contributed by atoms with Crippen molar-refractivity contribution in [3.05, 3.63) is 23.8 Å². The van der Waals surface area contributed by atoms with Crippen LogP contribution in [0.25, 0.3) is 0 Å². The molecular formula is C15H22N2OS. The highest BCUT2D eigenvalue weighted by molar-refractivity contribution is 7.99. The molecule has 19 heavy (non-hydrogen) atoms. The van der Waals surface area contributed by atoms with E-state index in [-0.39, 0.29) is 11.9 Å². The first-order valence-electron chi connectivity index (χ1n) is 7.07. The van der Waals surface area contributed by atoms with Gasteiger partial charge in [0.25, 0.3) is 0 Å². The van der Waals surface area contributed by atoms with E-state index in [0.717, 1.165) is 23.5 Å². The van der Waals surface area contributed by atoms with Gasteiger partial charge in [0, 0.05) is 16.1 Å². The lowest BCUT2D eigenvalue weighted by Gasteiger charge is -2.09. The Morgan fingerprint density at radius 2 is 2.16 bits per heavy atom. The van der Waals surface area contributed by atoms with Gasteiger partial charge in [-0.15, -0.1) is 11.8 Å². The van der Waals surface area contributed by atoms with E-state index in [1.54, 1.807) is 0 Å². The SMILES string of the molecule is CCCCCSc1ccc2c(c1)NC(=O)C2NCC. The summed E-state index contributed by atoms with van der Waals surface area (Å²) in [4.78, 5) is 13.1. The molecule has 0 aliphatic carbocycles. The molecule has 3 nitrogen and oxygen atoms in total. The van der Waals surface area contributed by atoms with Crippen LogP contribution in [0.2, 0.25) is 0 Å². The van der Waals surface area contributed by atoms with Crippen LogP contribution in [0.15, 0.2) is 23.1 Å². The zero-order chi connectivity index (χ0) is 13.7. The average Bonchev–Trinajstić information content (AvgIpc) is 2.71. The van der Waals surface area contributed by atoms with Gasteiger partial charge in [-0.05, 0) is 30.9 Å². The summed E-state index contributed by atoms with van der Waals surface area (Å²) in [5, 5.41) is 6.17. The van der Waals surface area contributed by atoms with Crippen molar-refractivity contribution in [2.45, 2.75) is 44.0 Å². The van der Waals surface area contributed by atoms with Crippen LogP contribution in [0.1, 0.15) is 44.7 Å². The number of amides is 1. The number of unbranched alkanes of at least 4 members (excludes halogenated alkanes) is 2. The quantitative estimate of drug-likeness (QED) is 0.592. The lowest BCUT2D eigenvalue weighted by molar-refractivity contribution is -0.117. The molecule has 1 atom stereocenters. The maximum Gasteiger partial charge on any atom is 0.246 e. The summed E-state index contributed by atoms with van der Waals surface area (Å²) in [7, 11) is 0. The first-order chi connectivity index (χ1) is 9.26. The second kappa shape index (κ2) is 6.96. The molecular weight excluding hydrogens is 256 g/mol. The maximum atomic E-state index is 11.9. The van der Waals surface area contributed by atoms with E-state index >= 15 is 0 Å². The van der Waals surface area contributed by atoms with Gasteiger partial charge in [0.1, 0.15) is 6.04 Å². The summed E-state index contributed by atoms with van der Waals surface area (Å²) in [5.41, 5.74) is 2.04. The molecule has 1 heterocycles. The fourth-order valence-corrected chi connectivity index (χ4v) is 3.23. The number of hydrogen-bond acceptors (Lipinski definition) is 3. The molecule has 2 N–H and O–H groups in total. The third-order valence-corrected chi connectivity index (χ3v) is 4.36.